The van der Waals surface area contributed by atoms with Crippen LogP contribution in [-0.4, -0.2) is 30.7 Å². The van der Waals surface area contributed by atoms with Gasteiger partial charge in [0.2, 0.25) is 0 Å². The Balaban J connectivity index is 2.32. The molecule has 1 fully saturated rings. The molecule has 1 aliphatic carbocycles. The largest absolute Gasteiger partial charge is 0.378 e. The molecule has 1 aromatic rings. The second-order valence-corrected chi connectivity index (χ2v) is 6.12. The molecule has 6 heteroatoms. The first-order valence-electron chi connectivity index (χ1n) is 7.03. The summed E-state index contributed by atoms with van der Waals surface area (Å²) in [7, 11) is 3.42. The summed E-state index contributed by atoms with van der Waals surface area (Å²) in [5.74, 6) is 2.24. The number of hydrogen-bond donors (Lipinski definition) is 1. The molecule has 0 radical (unpaired) electrons. The predicted molar refractivity (Wildman–Crippen MR) is 86.7 cm³/mol. The molecule has 1 aliphatic rings. The van der Waals surface area contributed by atoms with Crippen molar-refractivity contribution >= 4 is 28.4 Å². The van der Waals surface area contributed by atoms with Crippen molar-refractivity contribution < 1.29 is 9.47 Å². The minimum Gasteiger partial charge on any atom is -0.378 e. The highest BCUT2D eigenvalue weighted by molar-refractivity contribution is 14.1. The first-order valence-corrected chi connectivity index (χ1v) is 8.11. The Morgan fingerprint density at radius 2 is 2.10 bits per heavy atom. The van der Waals surface area contributed by atoms with Crippen molar-refractivity contribution in [1.82, 2.24) is 9.97 Å². The van der Waals surface area contributed by atoms with Gasteiger partial charge >= 0.3 is 0 Å². The standard InChI is InChI=1S/C14H22IN3O2/c1-4-7-16-13-11(15)10(8-19-2)17-14(18-13)12(20-3)9-5-6-9/h9,12H,4-8H2,1-3H3,(H,16,17,18). The van der Waals surface area contributed by atoms with E-state index in [2.05, 4.69) is 44.8 Å². The molecule has 1 saturated carbocycles. The highest BCUT2D eigenvalue weighted by atomic mass is 127. The third kappa shape index (κ3) is 3.79. The molecule has 5 nitrogen and oxygen atoms in total. The predicted octanol–water partition coefficient (Wildman–Crippen LogP) is 3.15. The van der Waals surface area contributed by atoms with Crippen molar-refractivity contribution in [2.45, 2.75) is 38.9 Å². The number of halogens is 1. The highest BCUT2D eigenvalue weighted by Crippen LogP contribution is 2.42. The van der Waals surface area contributed by atoms with Crippen LogP contribution in [0.25, 0.3) is 0 Å². The van der Waals surface area contributed by atoms with Gasteiger partial charge in [0.05, 0.1) is 15.9 Å². The van der Waals surface area contributed by atoms with Crippen LogP contribution in [0, 0.1) is 9.49 Å². The quantitative estimate of drug-likeness (QED) is 0.690. The molecule has 2 rings (SSSR count). The molecule has 1 aromatic heterocycles. The lowest BCUT2D eigenvalue weighted by Gasteiger charge is -2.17. The normalized spacial score (nSPS) is 16.2. The van der Waals surface area contributed by atoms with E-state index in [9.17, 15) is 0 Å². The van der Waals surface area contributed by atoms with Crippen molar-refractivity contribution in [3.63, 3.8) is 0 Å². The van der Waals surface area contributed by atoms with Crippen LogP contribution < -0.4 is 5.32 Å². The van der Waals surface area contributed by atoms with E-state index in [4.69, 9.17) is 9.47 Å². The summed E-state index contributed by atoms with van der Waals surface area (Å²) in [6.45, 7) is 3.54. The number of ether oxygens (including phenoxy) is 2. The van der Waals surface area contributed by atoms with E-state index in [0.717, 1.165) is 33.9 Å². The van der Waals surface area contributed by atoms with Gasteiger partial charge in [-0.2, -0.15) is 0 Å². The first kappa shape index (κ1) is 15.9. The van der Waals surface area contributed by atoms with Crippen molar-refractivity contribution in [1.29, 1.82) is 0 Å². The highest BCUT2D eigenvalue weighted by Gasteiger charge is 2.35. The van der Waals surface area contributed by atoms with Crippen LogP contribution in [-0.2, 0) is 16.1 Å². The molecular formula is C14H22IN3O2. The van der Waals surface area contributed by atoms with Crippen LogP contribution in [0.5, 0.6) is 0 Å². The average molecular weight is 391 g/mol. The Morgan fingerprint density at radius 3 is 2.65 bits per heavy atom. The van der Waals surface area contributed by atoms with E-state index in [0.29, 0.717) is 12.5 Å². The van der Waals surface area contributed by atoms with Gasteiger partial charge in [-0.05, 0) is 47.8 Å². The number of anilines is 1. The van der Waals surface area contributed by atoms with E-state index in [1.807, 2.05) is 0 Å². The molecule has 0 amide bonds. The molecule has 0 aliphatic heterocycles. The van der Waals surface area contributed by atoms with Gasteiger partial charge in [0.15, 0.2) is 5.82 Å². The average Bonchev–Trinajstić information content (AvgIpc) is 3.26. The Morgan fingerprint density at radius 1 is 1.35 bits per heavy atom. The third-order valence-electron chi connectivity index (χ3n) is 3.32. The molecule has 20 heavy (non-hydrogen) atoms. The molecule has 112 valence electrons. The molecule has 0 bridgehead atoms. The van der Waals surface area contributed by atoms with E-state index in [1.54, 1.807) is 14.2 Å². The van der Waals surface area contributed by atoms with Gasteiger partial charge in [-0.15, -0.1) is 0 Å². The molecule has 1 heterocycles. The zero-order valence-electron chi connectivity index (χ0n) is 12.3. The Kier molecular flexibility index (Phi) is 5.98. The minimum absolute atomic E-state index is 0.00443. The Labute approximate surface area is 134 Å². The molecule has 0 aromatic carbocycles. The number of methoxy groups -OCH3 is 2. The maximum Gasteiger partial charge on any atom is 0.160 e. The van der Waals surface area contributed by atoms with Crippen LogP contribution in [0.15, 0.2) is 0 Å². The van der Waals surface area contributed by atoms with Gasteiger partial charge in [-0.25, -0.2) is 9.97 Å². The van der Waals surface area contributed by atoms with Gasteiger partial charge < -0.3 is 14.8 Å². The number of rotatable bonds is 8. The Bertz CT molecular complexity index is 452. The summed E-state index contributed by atoms with van der Waals surface area (Å²) in [4.78, 5) is 9.33. The smallest absolute Gasteiger partial charge is 0.160 e. The fourth-order valence-electron chi connectivity index (χ4n) is 2.14. The maximum absolute atomic E-state index is 5.60. The van der Waals surface area contributed by atoms with Crippen LogP contribution in [0.2, 0.25) is 0 Å². The molecule has 0 saturated heterocycles. The van der Waals surface area contributed by atoms with Crippen molar-refractivity contribution in [2.75, 3.05) is 26.1 Å². The van der Waals surface area contributed by atoms with Crippen molar-refractivity contribution in [2.24, 2.45) is 5.92 Å². The Hall–Kier alpha value is -0.470. The SMILES string of the molecule is CCCNc1nc(C(OC)C2CC2)nc(COC)c1I. The molecule has 1 atom stereocenters. The summed E-state index contributed by atoms with van der Waals surface area (Å²) < 4.78 is 11.9. The molecule has 0 spiro atoms. The number of aromatic nitrogens is 2. The monoisotopic (exact) mass is 391 g/mol. The van der Waals surface area contributed by atoms with Gasteiger partial charge in [-0.3, -0.25) is 0 Å². The second kappa shape index (κ2) is 7.51. The fraction of sp³-hybridized carbons (Fsp3) is 0.714. The van der Waals surface area contributed by atoms with Gasteiger partial charge in [0.1, 0.15) is 11.9 Å². The lowest BCUT2D eigenvalue weighted by atomic mass is 10.2. The van der Waals surface area contributed by atoms with Crippen molar-refractivity contribution in [3.8, 4) is 0 Å². The van der Waals surface area contributed by atoms with E-state index >= 15 is 0 Å². The maximum atomic E-state index is 5.60. The summed E-state index contributed by atoms with van der Waals surface area (Å²) in [5, 5.41) is 3.37. The summed E-state index contributed by atoms with van der Waals surface area (Å²) in [6.07, 6.45) is 3.46. The van der Waals surface area contributed by atoms with Crippen LogP contribution >= 0.6 is 22.6 Å². The van der Waals surface area contributed by atoms with Gasteiger partial charge in [0.25, 0.3) is 0 Å². The number of nitrogens with one attached hydrogen (secondary N) is 1. The topological polar surface area (TPSA) is 56.3 Å². The zero-order chi connectivity index (χ0) is 14.5. The van der Waals surface area contributed by atoms with Crippen molar-refractivity contribution in [3.05, 3.63) is 15.1 Å². The number of hydrogen-bond acceptors (Lipinski definition) is 5. The van der Waals surface area contributed by atoms with Crippen LogP contribution in [0.1, 0.15) is 43.8 Å². The third-order valence-corrected chi connectivity index (χ3v) is 4.45. The summed E-state index contributed by atoms with van der Waals surface area (Å²) in [6, 6.07) is 0. The lowest BCUT2D eigenvalue weighted by molar-refractivity contribution is 0.0765. The minimum atomic E-state index is 0.00443. The van der Waals surface area contributed by atoms with Crippen LogP contribution in [0.4, 0.5) is 5.82 Å². The van der Waals surface area contributed by atoms with Gasteiger partial charge in [-0.1, -0.05) is 6.92 Å². The van der Waals surface area contributed by atoms with Gasteiger partial charge in [0, 0.05) is 20.8 Å². The van der Waals surface area contributed by atoms with E-state index in [1.165, 1.54) is 12.8 Å². The fourth-order valence-corrected chi connectivity index (χ4v) is 2.73. The molecular weight excluding hydrogens is 369 g/mol. The molecule has 1 N–H and O–H groups in total. The summed E-state index contributed by atoms with van der Waals surface area (Å²) >= 11 is 2.28. The summed E-state index contributed by atoms with van der Waals surface area (Å²) in [5.41, 5.74) is 0.930. The lowest BCUT2D eigenvalue weighted by Crippen LogP contribution is -2.15. The zero-order valence-corrected chi connectivity index (χ0v) is 14.4. The van der Waals surface area contributed by atoms with E-state index < -0.39 is 0 Å². The number of nitrogens with zero attached hydrogens (tertiary/aromatic N) is 2. The first-order chi connectivity index (χ1) is 9.71. The van der Waals surface area contributed by atoms with Crippen LogP contribution in [0.3, 0.4) is 0 Å². The van der Waals surface area contributed by atoms with E-state index in [-0.39, 0.29) is 6.10 Å². The molecule has 1 unspecified atom stereocenters. The second-order valence-electron chi connectivity index (χ2n) is 5.04.